The van der Waals surface area contributed by atoms with Crippen LogP contribution in [0.1, 0.15) is 46.0 Å². The molecule has 1 heterocycles. The van der Waals surface area contributed by atoms with Crippen LogP contribution in [0.15, 0.2) is 0 Å². The van der Waals surface area contributed by atoms with Crippen LogP contribution >= 0.6 is 11.8 Å². The number of thioether (sulfide) groups is 1. The molecule has 1 aliphatic heterocycles. The number of hydrogen-bond donors (Lipinski definition) is 0. The molecule has 1 rings (SSSR count). The summed E-state index contributed by atoms with van der Waals surface area (Å²) in [4.78, 5) is 10.8. The van der Waals surface area contributed by atoms with E-state index in [4.69, 9.17) is 4.74 Å². The van der Waals surface area contributed by atoms with Crippen LogP contribution in [-0.2, 0) is 4.74 Å². The highest BCUT2D eigenvalue weighted by Gasteiger charge is 2.23. The average molecular weight is 216 g/mol. The number of rotatable bonds is 6. The highest BCUT2D eigenvalue weighted by Crippen LogP contribution is 2.26. The standard InChI is InChI=1S/C11H20O2S/c1-9(2)6-4-3-5-7-10-8-13-11(12)14-10/h9-10H,3-8H2,1-2H3. The number of carbonyl (C=O) groups excluding carboxylic acids is 1. The predicted molar refractivity (Wildman–Crippen MR) is 60.7 cm³/mol. The lowest BCUT2D eigenvalue weighted by Crippen LogP contribution is -2.02. The molecule has 1 atom stereocenters. The first-order valence-electron chi connectivity index (χ1n) is 5.52. The molecule has 0 aliphatic carbocycles. The third kappa shape index (κ3) is 4.89. The van der Waals surface area contributed by atoms with Gasteiger partial charge in [-0.1, -0.05) is 39.5 Å². The van der Waals surface area contributed by atoms with Gasteiger partial charge in [-0.25, -0.2) is 4.79 Å². The van der Waals surface area contributed by atoms with Crippen molar-refractivity contribution in [2.45, 2.75) is 51.2 Å². The Hall–Kier alpha value is -0.180. The second-order valence-corrected chi connectivity index (χ2v) is 5.57. The average Bonchev–Trinajstić information content (AvgIpc) is 2.50. The highest BCUT2D eigenvalue weighted by molar-refractivity contribution is 8.14. The van der Waals surface area contributed by atoms with Crippen molar-refractivity contribution in [1.82, 2.24) is 0 Å². The normalized spacial score (nSPS) is 21.6. The van der Waals surface area contributed by atoms with Crippen molar-refractivity contribution in [2.75, 3.05) is 6.61 Å². The molecule has 82 valence electrons. The Kier molecular flexibility index (Phi) is 5.38. The zero-order valence-electron chi connectivity index (χ0n) is 9.12. The monoisotopic (exact) mass is 216 g/mol. The summed E-state index contributed by atoms with van der Waals surface area (Å²) >= 11 is 1.37. The van der Waals surface area contributed by atoms with E-state index in [1.54, 1.807) is 0 Å². The Labute approximate surface area is 90.8 Å². The molecule has 0 N–H and O–H groups in total. The topological polar surface area (TPSA) is 26.3 Å². The second-order valence-electron chi connectivity index (χ2n) is 4.33. The summed E-state index contributed by atoms with van der Waals surface area (Å²) in [6.07, 6.45) is 6.32. The Morgan fingerprint density at radius 1 is 1.43 bits per heavy atom. The third-order valence-electron chi connectivity index (χ3n) is 2.46. The van der Waals surface area contributed by atoms with Gasteiger partial charge in [-0.05, 0) is 24.1 Å². The van der Waals surface area contributed by atoms with E-state index < -0.39 is 0 Å². The van der Waals surface area contributed by atoms with E-state index in [0.29, 0.717) is 11.9 Å². The summed E-state index contributed by atoms with van der Waals surface area (Å²) in [5.74, 6) is 0.820. The smallest absolute Gasteiger partial charge is 0.367 e. The molecule has 14 heavy (non-hydrogen) atoms. The van der Waals surface area contributed by atoms with Crippen molar-refractivity contribution >= 4 is 17.1 Å². The molecule has 0 amide bonds. The molecule has 0 aromatic carbocycles. The van der Waals surface area contributed by atoms with Gasteiger partial charge in [-0.15, -0.1) is 0 Å². The maximum Gasteiger partial charge on any atom is 0.367 e. The van der Waals surface area contributed by atoms with Crippen LogP contribution in [0, 0.1) is 5.92 Å². The Balaban J connectivity index is 1.91. The van der Waals surface area contributed by atoms with Crippen LogP contribution in [0.4, 0.5) is 4.79 Å². The van der Waals surface area contributed by atoms with Crippen LogP contribution in [0.3, 0.4) is 0 Å². The Morgan fingerprint density at radius 2 is 2.21 bits per heavy atom. The second kappa shape index (κ2) is 6.33. The largest absolute Gasteiger partial charge is 0.456 e. The maximum atomic E-state index is 10.8. The number of carbonyl (C=O) groups is 1. The van der Waals surface area contributed by atoms with Crippen molar-refractivity contribution < 1.29 is 9.53 Å². The fourth-order valence-electron chi connectivity index (χ4n) is 1.61. The van der Waals surface area contributed by atoms with Crippen LogP contribution in [0.5, 0.6) is 0 Å². The van der Waals surface area contributed by atoms with Gasteiger partial charge >= 0.3 is 5.30 Å². The van der Waals surface area contributed by atoms with E-state index in [1.807, 2.05) is 0 Å². The molecular weight excluding hydrogens is 196 g/mol. The minimum Gasteiger partial charge on any atom is -0.456 e. The summed E-state index contributed by atoms with van der Waals surface area (Å²) in [6.45, 7) is 5.16. The Morgan fingerprint density at radius 3 is 2.79 bits per heavy atom. The molecule has 1 aliphatic rings. The molecule has 3 heteroatoms. The van der Waals surface area contributed by atoms with Crippen LogP contribution in [-0.4, -0.2) is 17.2 Å². The minimum absolute atomic E-state index is 0.0859. The van der Waals surface area contributed by atoms with Crippen molar-refractivity contribution in [3.8, 4) is 0 Å². The van der Waals surface area contributed by atoms with Gasteiger partial charge in [-0.2, -0.15) is 0 Å². The Bertz CT molecular complexity index is 180. The molecule has 2 nitrogen and oxygen atoms in total. The van der Waals surface area contributed by atoms with Crippen LogP contribution in [0.25, 0.3) is 0 Å². The summed E-state index contributed by atoms with van der Waals surface area (Å²) in [5, 5.41) is 0.346. The van der Waals surface area contributed by atoms with Crippen molar-refractivity contribution in [3.05, 3.63) is 0 Å². The summed E-state index contributed by atoms with van der Waals surface area (Å²) in [5.41, 5.74) is 0. The van der Waals surface area contributed by atoms with Crippen LogP contribution < -0.4 is 0 Å². The molecule has 0 spiro atoms. The van der Waals surface area contributed by atoms with Crippen LogP contribution in [0.2, 0.25) is 0 Å². The zero-order chi connectivity index (χ0) is 10.4. The van der Waals surface area contributed by atoms with Gasteiger partial charge in [0.15, 0.2) is 0 Å². The van der Waals surface area contributed by atoms with Gasteiger partial charge < -0.3 is 4.74 Å². The molecule has 1 unspecified atom stereocenters. The van der Waals surface area contributed by atoms with E-state index in [9.17, 15) is 4.79 Å². The number of hydrogen-bond acceptors (Lipinski definition) is 3. The fraction of sp³-hybridized carbons (Fsp3) is 0.909. The third-order valence-corrected chi connectivity index (χ3v) is 3.47. The summed E-state index contributed by atoms with van der Waals surface area (Å²) in [6, 6.07) is 0. The maximum absolute atomic E-state index is 10.8. The lowest BCUT2D eigenvalue weighted by atomic mass is 10.0. The highest BCUT2D eigenvalue weighted by atomic mass is 32.2. The van der Waals surface area contributed by atoms with Gasteiger partial charge in [0.05, 0.1) is 5.25 Å². The van der Waals surface area contributed by atoms with Gasteiger partial charge in [0.25, 0.3) is 0 Å². The van der Waals surface area contributed by atoms with E-state index in [1.165, 1.54) is 37.4 Å². The first kappa shape index (κ1) is 11.9. The van der Waals surface area contributed by atoms with E-state index in [2.05, 4.69) is 13.8 Å². The summed E-state index contributed by atoms with van der Waals surface area (Å²) < 4.78 is 4.88. The SMILES string of the molecule is CC(C)CCCCCC1COC(=O)S1. The molecule has 0 radical (unpaired) electrons. The van der Waals surface area contributed by atoms with Crippen molar-refractivity contribution in [1.29, 1.82) is 0 Å². The van der Waals surface area contributed by atoms with E-state index >= 15 is 0 Å². The molecule has 0 aromatic heterocycles. The molecule has 0 aromatic rings. The van der Waals surface area contributed by atoms with Gasteiger partial charge in [0.1, 0.15) is 6.61 Å². The van der Waals surface area contributed by atoms with E-state index in [-0.39, 0.29) is 5.30 Å². The molecular formula is C11H20O2S. The van der Waals surface area contributed by atoms with Gasteiger partial charge in [0.2, 0.25) is 0 Å². The lowest BCUT2D eigenvalue weighted by Gasteiger charge is -2.06. The summed E-state index contributed by atoms with van der Waals surface area (Å²) in [7, 11) is 0. The van der Waals surface area contributed by atoms with E-state index in [0.717, 1.165) is 12.3 Å². The molecule has 1 saturated heterocycles. The first-order chi connectivity index (χ1) is 6.68. The fourth-order valence-corrected chi connectivity index (χ4v) is 2.44. The van der Waals surface area contributed by atoms with Gasteiger partial charge in [0, 0.05) is 0 Å². The molecule has 0 bridgehead atoms. The predicted octanol–water partition coefficient (Wildman–Crippen LogP) is 3.84. The van der Waals surface area contributed by atoms with Crippen molar-refractivity contribution in [2.24, 2.45) is 5.92 Å². The first-order valence-corrected chi connectivity index (χ1v) is 6.40. The number of ether oxygens (including phenoxy) is 1. The minimum atomic E-state index is -0.0859. The lowest BCUT2D eigenvalue weighted by molar-refractivity contribution is 0.183. The number of unbranched alkanes of at least 4 members (excludes halogenated alkanes) is 2. The quantitative estimate of drug-likeness (QED) is 0.498. The van der Waals surface area contributed by atoms with Crippen molar-refractivity contribution in [3.63, 3.8) is 0 Å². The zero-order valence-corrected chi connectivity index (χ0v) is 9.94. The molecule has 1 fully saturated rings. The van der Waals surface area contributed by atoms with Gasteiger partial charge in [-0.3, -0.25) is 0 Å². The number of cyclic esters (lactones) is 1. The molecule has 0 saturated carbocycles.